The van der Waals surface area contributed by atoms with Gasteiger partial charge >= 0.3 is 6.61 Å². The predicted molar refractivity (Wildman–Crippen MR) is 51.5 cm³/mol. The van der Waals surface area contributed by atoms with E-state index in [0.29, 0.717) is 6.61 Å². The van der Waals surface area contributed by atoms with Crippen molar-refractivity contribution in [2.75, 3.05) is 0 Å². The largest absolute Gasteiger partial charge is 0.435 e. The van der Waals surface area contributed by atoms with Crippen molar-refractivity contribution in [1.29, 1.82) is 0 Å². The summed E-state index contributed by atoms with van der Waals surface area (Å²) in [5, 5.41) is 0. The Labute approximate surface area is 86.8 Å². The third-order valence-electron chi connectivity index (χ3n) is 1.66. The molecule has 0 fully saturated rings. The number of hydrogen-bond donors (Lipinski definition) is 1. The fraction of sp³-hybridized carbons (Fsp3) is 0.400. The minimum absolute atomic E-state index is 0.134. The number of alkyl halides is 2. The molecule has 2 N–H and O–H groups in total. The van der Waals surface area contributed by atoms with Gasteiger partial charge in [0.15, 0.2) is 0 Å². The van der Waals surface area contributed by atoms with Crippen LogP contribution < -0.4 is 10.5 Å². The van der Waals surface area contributed by atoms with Crippen molar-refractivity contribution in [3.05, 3.63) is 29.8 Å². The van der Waals surface area contributed by atoms with E-state index in [1.165, 1.54) is 12.1 Å². The van der Waals surface area contributed by atoms with E-state index < -0.39 is 6.61 Å². The molecule has 0 saturated carbocycles. The Balaban J connectivity index is 2.49. The zero-order valence-corrected chi connectivity index (χ0v) is 8.32. The monoisotopic (exact) mass is 217 g/mol. The second-order valence-electron chi connectivity index (χ2n) is 3.04. The van der Waals surface area contributed by atoms with Crippen LogP contribution in [0.3, 0.4) is 0 Å². The topological polar surface area (TPSA) is 44.5 Å². The van der Waals surface area contributed by atoms with E-state index in [-0.39, 0.29) is 12.0 Å². The van der Waals surface area contributed by atoms with Crippen LogP contribution in [0, 0.1) is 0 Å². The number of rotatable bonds is 5. The maximum absolute atomic E-state index is 11.8. The molecule has 15 heavy (non-hydrogen) atoms. The summed E-state index contributed by atoms with van der Waals surface area (Å²) in [5.74, 6) is 0.134. The molecule has 1 rings (SSSR count). The summed E-state index contributed by atoms with van der Waals surface area (Å²) in [6.07, 6.45) is -0.345. The average Bonchev–Trinajstić information content (AvgIpc) is 2.16. The van der Waals surface area contributed by atoms with E-state index in [2.05, 4.69) is 4.74 Å². The summed E-state index contributed by atoms with van der Waals surface area (Å²) < 4.78 is 33.0. The molecule has 0 saturated heterocycles. The van der Waals surface area contributed by atoms with E-state index in [1.54, 1.807) is 19.1 Å². The van der Waals surface area contributed by atoms with Crippen LogP contribution >= 0.6 is 0 Å². The van der Waals surface area contributed by atoms with Crippen LogP contribution in [0.2, 0.25) is 0 Å². The zero-order chi connectivity index (χ0) is 11.3. The summed E-state index contributed by atoms with van der Waals surface area (Å²) in [6, 6.07) is 6.23. The maximum atomic E-state index is 11.8. The van der Waals surface area contributed by atoms with Crippen LogP contribution in [0.4, 0.5) is 8.78 Å². The molecule has 0 heterocycles. The van der Waals surface area contributed by atoms with Gasteiger partial charge in [0, 0.05) is 0 Å². The van der Waals surface area contributed by atoms with Gasteiger partial charge in [-0.05, 0) is 24.6 Å². The molecule has 3 nitrogen and oxygen atoms in total. The molecule has 0 aliphatic heterocycles. The van der Waals surface area contributed by atoms with Gasteiger partial charge in [-0.3, -0.25) is 0 Å². The lowest BCUT2D eigenvalue weighted by Crippen LogP contribution is -2.18. The molecule has 1 atom stereocenters. The molecule has 0 aliphatic carbocycles. The Bertz CT molecular complexity index is 288. The smallest absolute Gasteiger partial charge is 0.387 e. The fourth-order valence-corrected chi connectivity index (χ4v) is 0.995. The number of ether oxygens (including phenoxy) is 2. The molecule has 0 bridgehead atoms. The molecule has 0 aromatic heterocycles. The molecule has 1 unspecified atom stereocenters. The molecular formula is C10H13F2NO2. The summed E-state index contributed by atoms with van der Waals surface area (Å²) in [6.45, 7) is -0.725. The average molecular weight is 217 g/mol. The van der Waals surface area contributed by atoms with Crippen molar-refractivity contribution in [3.8, 4) is 5.75 Å². The molecule has 5 heteroatoms. The highest BCUT2D eigenvalue weighted by Gasteiger charge is 2.03. The van der Waals surface area contributed by atoms with Crippen molar-refractivity contribution >= 4 is 0 Å². The molecule has 0 amide bonds. The van der Waals surface area contributed by atoms with E-state index in [9.17, 15) is 8.78 Å². The minimum atomic E-state index is -2.80. The predicted octanol–water partition coefficient (Wildman–Crippen LogP) is 2.11. The molecular weight excluding hydrogens is 204 g/mol. The quantitative estimate of drug-likeness (QED) is 0.768. The number of halogens is 2. The Kier molecular flexibility index (Phi) is 4.45. The first-order valence-corrected chi connectivity index (χ1v) is 4.49. The SMILES string of the molecule is CC(N)OCc1ccc(OC(F)F)cc1. The Morgan fingerprint density at radius 2 is 1.87 bits per heavy atom. The molecule has 0 spiro atoms. The van der Waals surface area contributed by atoms with Crippen molar-refractivity contribution in [2.24, 2.45) is 5.73 Å². The van der Waals surface area contributed by atoms with Gasteiger partial charge in [-0.15, -0.1) is 0 Å². The Morgan fingerprint density at radius 3 is 2.33 bits per heavy atom. The van der Waals surface area contributed by atoms with Crippen LogP contribution in [0.5, 0.6) is 5.75 Å². The van der Waals surface area contributed by atoms with E-state index in [4.69, 9.17) is 10.5 Å². The molecule has 1 aromatic carbocycles. The maximum Gasteiger partial charge on any atom is 0.387 e. The van der Waals surface area contributed by atoms with E-state index in [1.807, 2.05) is 0 Å². The van der Waals surface area contributed by atoms with Crippen LogP contribution in [-0.2, 0) is 11.3 Å². The molecule has 0 radical (unpaired) electrons. The summed E-state index contributed by atoms with van der Waals surface area (Å²) in [5.41, 5.74) is 6.25. The van der Waals surface area contributed by atoms with Crippen molar-refractivity contribution in [1.82, 2.24) is 0 Å². The van der Waals surface area contributed by atoms with E-state index >= 15 is 0 Å². The summed E-state index contributed by atoms with van der Waals surface area (Å²) in [7, 11) is 0. The van der Waals surface area contributed by atoms with Crippen molar-refractivity contribution < 1.29 is 18.3 Å². The second-order valence-corrected chi connectivity index (χ2v) is 3.04. The van der Waals surface area contributed by atoms with Crippen LogP contribution in [0.1, 0.15) is 12.5 Å². The Morgan fingerprint density at radius 1 is 1.27 bits per heavy atom. The lowest BCUT2D eigenvalue weighted by atomic mass is 10.2. The van der Waals surface area contributed by atoms with Gasteiger partial charge < -0.3 is 15.2 Å². The van der Waals surface area contributed by atoms with Gasteiger partial charge in [-0.25, -0.2) is 0 Å². The first-order chi connectivity index (χ1) is 7.08. The van der Waals surface area contributed by atoms with Gasteiger partial charge in [-0.1, -0.05) is 12.1 Å². The van der Waals surface area contributed by atoms with Crippen LogP contribution in [0.15, 0.2) is 24.3 Å². The first-order valence-electron chi connectivity index (χ1n) is 4.49. The lowest BCUT2D eigenvalue weighted by molar-refractivity contribution is -0.0498. The van der Waals surface area contributed by atoms with Crippen LogP contribution in [-0.4, -0.2) is 12.8 Å². The van der Waals surface area contributed by atoms with Gasteiger partial charge in [0.1, 0.15) is 12.0 Å². The van der Waals surface area contributed by atoms with Gasteiger partial charge in [-0.2, -0.15) is 8.78 Å². The molecule has 84 valence electrons. The standard InChI is InChI=1S/C10H13F2NO2/c1-7(13)14-6-8-2-4-9(5-3-8)15-10(11)12/h2-5,7,10H,6,13H2,1H3. The molecule has 0 aliphatic rings. The highest BCUT2D eigenvalue weighted by atomic mass is 19.3. The zero-order valence-electron chi connectivity index (χ0n) is 8.32. The number of nitrogens with two attached hydrogens (primary N) is 1. The minimum Gasteiger partial charge on any atom is -0.435 e. The summed E-state index contributed by atoms with van der Waals surface area (Å²) in [4.78, 5) is 0. The Hall–Kier alpha value is -1.20. The van der Waals surface area contributed by atoms with Crippen LogP contribution in [0.25, 0.3) is 0 Å². The molecule has 1 aromatic rings. The van der Waals surface area contributed by atoms with Crippen molar-refractivity contribution in [3.63, 3.8) is 0 Å². The summed E-state index contributed by atoms with van der Waals surface area (Å²) >= 11 is 0. The fourth-order valence-electron chi connectivity index (χ4n) is 0.995. The highest BCUT2D eigenvalue weighted by molar-refractivity contribution is 5.26. The van der Waals surface area contributed by atoms with E-state index in [0.717, 1.165) is 5.56 Å². The van der Waals surface area contributed by atoms with Gasteiger partial charge in [0.2, 0.25) is 0 Å². The third-order valence-corrected chi connectivity index (χ3v) is 1.66. The highest BCUT2D eigenvalue weighted by Crippen LogP contribution is 2.15. The lowest BCUT2D eigenvalue weighted by Gasteiger charge is -2.08. The second kappa shape index (κ2) is 5.63. The van der Waals surface area contributed by atoms with Gasteiger partial charge in [0.05, 0.1) is 6.61 Å². The normalized spacial score (nSPS) is 12.9. The van der Waals surface area contributed by atoms with Gasteiger partial charge in [0.25, 0.3) is 0 Å². The first kappa shape index (κ1) is 11.9. The van der Waals surface area contributed by atoms with Crippen molar-refractivity contribution in [2.45, 2.75) is 26.4 Å². The number of benzene rings is 1. The number of hydrogen-bond acceptors (Lipinski definition) is 3. The third kappa shape index (κ3) is 4.71.